The van der Waals surface area contributed by atoms with Crippen LogP contribution < -0.4 is 11.5 Å². The van der Waals surface area contributed by atoms with Crippen molar-refractivity contribution in [3.05, 3.63) is 57.6 Å². The Morgan fingerprint density at radius 2 is 0.971 bits per heavy atom. The third-order valence-electron chi connectivity index (χ3n) is 7.04. The van der Waals surface area contributed by atoms with Crippen molar-refractivity contribution >= 4 is 11.4 Å². The predicted octanol–water partition coefficient (Wildman–Crippen LogP) is 8.67. The Morgan fingerprint density at radius 1 is 0.647 bits per heavy atom. The summed E-state index contributed by atoms with van der Waals surface area (Å²) in [5.74, 6) is -9.08. The summed E-state index contributed by atoms with van der Waals surface area (Å²) in [4.78, 5) is 0. The number of hydrogen-bond acceptors (Lipinski definition) is 2. The number of nitrogens with two attached hydrogens (primary N) is 2. The topological polar surface area (TPSA) is 52.0 Å². The molecule has 0 saturated heterocycles. The summed E-state index contributed by atoms with van der Waals surface area (Å²) in [5, 5.41) is 0. The fourth-order valence-corrected chi connectivity index (χ4v) is 4.41. The molecule has 0 aliphatic rings. The minimum absolute atomic E-state index is 0.121. The van der Waals surface area contributed by atoms with Gasteiger partial charge in [0.2, 0.25) is 0 Å². The Balaban J connectivity index is 2.75. The lowest BCUT2D eigenvalue weighted by Gasteiger charge is -2.30. The van der Waals surface area contributed by atoms with Gasteiger partial charge in [-0.2, -0.15) is 17.6 Å². The van der Waals surface area contributed by atoms with Crippen LogP contribution in [-0.4, -0.2) is 0 Å². The summed E-state index contributed by atoms with van der Waals surface area (Å²) in [7, 11) is 0. The summed E-state index contributed by atoms with van der Waals surface area (Å²) < 4.78 is 62.9. The number of anilines is 2. The second-order valence-corrected chi connectivity index (χ2v) is 9.54. The summed E-state index contributed by atoms with van der Waals surface area (Å²) in [6, 6.07) is 4.68. The third kappa shape index (κ3) is 5.21. The van der Waals surface area contributed by atoms with Gasteiger partial charge in [0.25, 0.3) is 0 Å². The van der Waals surface area contributed by atoms with Gasteiger partial charge in [-0.3, -0.25) is 0 Å². The lowest BCUT2D eigenvalue weighted by atomic mass is 9.85. The van der Waals surface area contributed by atoms with E-state index in [4.69, 9.17) is 11.5 Å². The monoisotopic (exact) mass is 480 g/mol. The first kappa shape index (κ1) is 28.0. The van der Waals surface area contributed by atoms with Gasteiger partial charge in [0.05, 0.1) is 0 Å². The SMILES string of the molecule is CCCc1cc(C(F)(F)C(F)(F)c2cc(CCC)c(N)c(C(C)CC)c2)cc(C(C)CC)c1N. The maximum absolute atomic E-state index is 15.7. The smallest absolute Gasteiger partial charge is 0.339 e. The molecule has 2 atom stereocenters. The van der Waals surface area contributed by atoms with Crippen molar-refractivity contribution < 1.29 is 17.6 Å². The van der Waals surface area contributed by atoms with Crippen molar-refractivity contribution in [2.75, 3.05) is 11.5 Å². The van der Waals surface area contributed by atoms with Gasteiger partial charge < -0.3 is 11.5 Å². The molecule has 2 nitrogen and oxygen atoms in total. The van der Waals surface area contributed by atoms with Crippen LogP contribution >= 0.6 is 0 Å². The van der Waals surface area contributed by atoms with Crippen LogP contribution in [0.2, 0.25) is 0 Å². The number of benzene rings is 2. The highest BCUT2D eigenvalue weighted by molar-refractivity contribution is 5.60. The second kappa shape index (κ2) is 11.0. The first-order valence-electron chi connectivity index (χ1n) is 12.5. The van der Waals surface area contributed by atoms with Crippen molar-refractivity contribution in [1.29, 1.82) is 0 Å². The highest BCUT2D eigenvalue weighted by Crippen LogP contribution is 2.52. The van der Waals surface area contributed by atoms with Crippen LogP contribution in [0.4, 0.5) is 28.9 Å². The molecule has 0 aliphatic heterocycles. The number of hydrogen-bond donors (Lipinski definition) is 2. The van der Waals surface area contributed by atoms with Crippen LogP contribution in [0.5, 0.6) is 0 Å². The van der Waals surface area contributed by atoms with E-state index < -0.39 is 23.0 Å². The van der Waals surface area contributed by atoms with Gasteiger partial charge in [-0.15, -0.1) is 0 Å². The molecule has 0 amide bonds. The molecule has 2 rings (SSSR count). The van der Waals surface area contributed by atoms with E-state index in [1.54, 1.807) is 0 Å². The van der Waals surface area contributed by atoms with Crippen molar-refractivity contribution in [2.45, 2.75) is 104 Å². The van der Waals surface area contributed by atoms with Gasteiger partial charge in [-0.05, 0) is 84.0 Å². The van der Waals surface area contributed by atoms with Crippen LogP contribution in [0.1, 0.15) is 112 Å². The molecule has 4 N–H and O–H groups in total. The molecule has 0 bridgehead atoms. The van der Waals surface area contributed by atoms with Gasteiger partial charge >= 0.3 is 11.8 Å². The van der Waals surface area contributed by atoms with E-state index in [-0.39, 0.29) is 11.8 Å². The zero-order chi connectivity index (χ0) is 25.8. The van der Waals surface area contributed by atoms with E-state index in [0.717, 1.165) is 0 Å². The van der Waals surface area contributed by atoms with Crippen LogP contribution in [0, 0.1) is 0 Å². The normalized spacial score (nSPS) is 14.3. The molecule has 0 spiro atoms. The zero-order valence-corrected chi connectivity index (χ0v) is 21.4. The Labute approximate surface area is 202 Å². The molecule has 6 heteroatoms. The highest BCUT2D eigenvalue weighted by atomic mass is 19.3. The molecule has 0 aliphatic carbocycles. The average molecular weight is 481 g/mol. The van der Waals surface area contributed by atoms with Gasteiger partial charge in [0, 0.05) is 22.5 Å². The summed E-state index contributed by atoms with van der Waals surface area (Å²) in [5.41, 5.74) is 14.0. The fraction of sp³-hybridized carbons (Fsp3) is 0.571. The molecule has 0 heterocycles. The number of aryl methyl sites for hydroxylation is 2. The van der Waals surface area contributed by atoms with Crippen molar-refractivity contribution in [3.63, 3.8) is 0 Å². The van der Waals surface area contributed by atoms with Gasteiger partial charge in [-0.1, -0.05) is 54.4 Å². The maximum atomic E-state index is 15.7. The Kier molecular flexibility index (Phi) is 9.06. The number of rotatable bonds is 11. The fourth-order valence-electron chi connectivity index (χ4n) is 4.41. The molecule has 2 aromatic rings. The van der Waals surface area contributed by atoms with E-state index in [1.165, 1.54) is 24.3 Å². The predicted molar refractivity (Wildman–Crippen MR) is 135 cm³/mol. The van der Waals surface area contributed by atoms with Crippen molar-refractivity contribution in [1.82, 2.24) is 0 Å². The van der Waals surface area contributed by atoms with Gasteiger partial charge in [0.1, 0.15) is 0 Å². The molecule has 2 unspecified atom stereocenters. The average Bonchev–Trinajstić information content (AvgIpc) is 2.80. The number of halogens is 4. The minimum atomic E-state index is -4.42. The quantitative estimate of drug-likeness (QED) is 0.250. The summed E-state index contributed by atoms with van der Waals surface area (Å²) in [6.45, 7) is 11.4. The molecule has 0 saturated carbocycles. The van der Waals surface area contributed by atoms with Gasteiger partial charge in [-0.25, -0.2) is 0 Å². The second-order valence-electron chi connectivity index (χ2n) is 9.54. The molecule has 190 valence electrons. The largest absolute Gasteiger partial charge is 0.398 e. The van der Waals surface area contributed by atoms with Crippen LogP contribution in [0.3, 0.4) is 0 Å². The van der Waals surface area contributed by atoms with Crippen LogP contribution in [0.25, 0.3) is 0 Å². The van der Waals surface area contributed by atoms with E-state index in [9.17, 15) is 0 Å². The van der Waals surface area contributed by atoms with E-state index in [2.05, 4.69) is 0 Å². The molecule has 0 aromatic heterocycles. The Bertz CT molecular complexity index is 905. The lowest BCUT2D eigenvalue weighted by molar-refractivity contribution is -0.224. The number of alkyl halides is 4. The van der Waals surface area contributed by atoms with Crippen molar-refractivity contribution in [2.24, 2.45) is 0 Å². The summed E-state index contributed by atoms with van der Waals surface area (Å²) in [6.07, 6.45) is 3.57. The maximum Gasteiger partial charge on any atom is 0.339 e. The molecular formula is C28H40F4N2. The lowest BCUT2D eigenvalue weighted by Crippen LogP contribution is -2.36. The first-order chi connectivity index (χ1) is 15.9. The van der Waals surface area contributed by atoms with Crippen LogP contribution in [-0.2, 0) is 24.7 Å². The standard InChI is InChI=1S/C28H40F4N2/c1-7-11-19-13-21(15-23(25(19)33)17(5)9-3)27(29,30)28(31,32)22-14-20(12-8-2)26(34)24(16-22)18(6)10-4/h13-18H,7-12,33-34H2,1-6H3. The first-order valence-corrected chi connectivity index (χ1v) is 12.5. The van der Waals surface area contributed by atoms with Crippen molar-refractivity contribution in [3.8, 4) is 0 Å². The van der Waals surface area contributed by atoms with E-state index >= 15 is 17.6 Å². The van der Waals surface area contributed by atoms with E-state index in [0.29, 0.717) is 72.2 Å². The molecule has 0 radical (unpaired) electrons. The minimum Gasteiger partial charge on any atom is -0.398 e. The highest BCUT2D eigenvalue weighted by Gasteiger charge is 2.59. The Morgan fingerprint density at radius 3 is 1.24 bits per heavy atom. The number of nitrogen functional groups attached to an aromatic ring is 2. The molecule has 0 fully saturated rings. The molecular weight excluding hydrogens is 440 g/mol. The molecule has 34 heavy (non-hydrogen) atoms. The third-order valence-corrected chi connectivity index (χ3v) is 7.04. The van der Waals surface area contributed by atoms with Gasteiger partial charge in [0.15, 0.2) is 0 Å². The molecule has 2 aromatic carbocycles. The van der Waals surface area contributed by atoms with Crippen LogP contribution in [0.15, 0.2) is 24.3 Å². The zero-order valence-electron chi connectivity index (χ0n) is 21.4. The summed E-state index contributed by atoms with van der Waals surface area (Å²) >= 11 is 0. The Hall–Kier alpha value is -2.24. The van der Waals surface area contributed by atoms with E-state index in [1.807, 2.05) is 41.5 Å².